The fourth-order valence-corrected chi connectivity index (χ4v) is 4.02. The second-order valence-electron chi connectivity index (χ2n) is 5.59. The molecule has 1 saturated carbocycles. The van der Waals surface area contributed by atoms with Gasteiger partial charge in [0.05, 0.1) is 29.1 Å². The maximum absolute atomic E-state index is 12.4. The molecule has 1 aromatic rings. The normalized spacial score (nSPS) is 35.9. The number of hydrogen-bond acceptors (Lipinski definition) is 2. The van der Waals surface area contributed by atoms with E-state index in [4.69, 9.17) is 40.7 Å². The third-order valence-corrected chi connectivity index (χ3v) is 5.27. The van der Waals surface area contributed by atoms with Crippen LogP contribution in [0.5, 0.6) is 0 Å². The van der Waals surface area contributed by atoms with E-state index < -0.39 is 22.1 Å². The van der Waals surface area contributed by atoms with E-state index >= 15 is 0 Å². The van der Waals surface area contributed by atoms with E-state index in [1.165, 1.54) is 0 Å². The van der Waals surface area contributed by atoms with Gasteiger partial charge in [0.1, 0.15) is 0 Å². The van der Waals surface area contributed by atoms with E-state index in [-0.39, 0.29) is 18.6 Å². The first-order valence-electron chi connectivity index (χ1n) is 6.19. The quantitative estimate of drug-likeness (QED) is 0.668. The molecule has 0 aromatic heterocycles. The Bertz CT molecular complexity index is 581. The van der Waals surface area contributed by atoms with E-state index in [0.29, 0.717) is 5.56 Å². The van der Waals surface area contributed by atoms with Gasteiger partial charge in [-0.2, -0.15) is 11.5 Å². The lowest BCUT2D eigenvalue weighted by molar-refractivity contribution is -0.127. The summed E-state index contributed by atoms with van der Waals surface area (Å²) in [6, 6.07) is 7.23. The van der Waals surface area contributed by atoms with Crippen LogP contribution >= 0.6 is 11.5 Å². The Morgan fingerprint density at radius 1 is 1.26 bits per heavy atom. The lowest BCUT2D eigenvalue weighted by Gasteiger charge is -2.57. The topological polar surface area (TPSA) is 43.1 Å². The molecule has 3 rings (SSSR count). The van der Waals surface area contributed by atoms with Crippen LogP contribution in [0.2, 0.25) is 10.4 Å². The minimum Gasteiger partial charge on any atom is -0.316 e. The smallest absolute Gasteiger partial charge is 0.282 e. The SMILES string of the molecule is [B]C1([B])CCC(=O)C2(N)c3ccccc3B(Cl)C12[B]. The third kappa shape index (κ3) is 1.30. The van der Waals surface area contributed by atoms with E-state index in [9.17, 15) is 4.79 Å². The summed E-state index contributed by atoms with van der Waals surface area (Å²) in [5.41, 5.74) is 6.36. The molecule has 1 fully saturated rings. The van der Waals surface area contributed by atoms with Crippen molar-refractivity contribution in [2.45, 2.75) is 28.8 Å². The van der Waals surface area contributed by atoms with Crippen LogP contribution in [0.1, 0.15) is 18.4 Å². The Morgan fingerprint density at radius 2 is 1.89 bits per heavy atom. The highest BCUT2D eigenvalue weighted by Gasteiger charge is 2.68. The molecule has 2 aliphatic rings. The van der Waals surface area contributed by atoms with Crippen molar-refractivity contribution < 1.29 is 4.79 Å². The molecule has 88 valence electrons. The monoisotopic (exact) mass is 263 g/mol. The highest BCUT2D eigenvalue weighted by Crippen LogP contribution is 2.66. The molecular weight excluding hydrogens is 253 g/mol. The van der Waals surface area contributed by atoms with Crippen LogP contribution in [0.15, 0.2) is 24.3 Å². The fraction of sp³-hybridized carbons (Fsp3) is 0.417. The van der Waals surface area contributed by atoms with Crippen LogP contribution in [0.25, 0.3) is 0 Å². The first-order chi connectivity index (χ1) is 8.77. The molecule has 0 spiro atoms. The molecule has 1 aromatic carbocycles. The summed E-state index contributed by atoms with van der Waals surface area (Å²) in [6.07, 6.45) is -0.202. The molecule has 0 bridgehead atoms. The molecule has 2 nitrogen and oxygen atoms in total. The van der Waals surface area contributed by atoms with E-state index in [0.717, 1.165) is 5.46 Å². The molecule has 1 aliphatic heterocycles. The maximum atomic E-state index is 12.4. The van der Waals surface area contributed by atoms with Crippen LogP contribution in [0, 0.1) is 0 Å². The van der Waals surface area contributed by atoms with Crippen molar-refractivity contribution in [1.82, 2.24) is 0 Å². The van der Waals surface area contributed by atoms with Gasteiger partial charge in [-0.3, -0.25) is 4.79 Å². The van der Waals surface area contributed by atoms with Crippen molar-refractivity contribution in [2.75, 3.05) is 0 Å². The fourth-order valence-electron chi connectivity index (χ4n) is 3.45. The summed E-state index contributed by atoms with van der Waals surface area (Å²) in [7, 11) is 18.7. The second kappa shape index (κ2) is 3.73. The molecule has 2 N–H and O–H groups in total. The number of carbonyl (C=O) groups is 1. The van der Waals surface area contributed by atoms with Gasteiger partial charge in [-0.1, -0.05) is 36.1 Å². The zero-order chi connectivity index (χ0) is 14.1. The molecular formula is C12H10B4ClNO. The number of rotatable bonds is 0. The summed E-state index contributed by atoms with van der Waals surface area (Å²) in [4.78, 5) is 12.4. The molecule has 2 atom stereocenters. The standard InChI is InChI=1S/C12H10B4ClNO/c13-10(14)6-5-9(19)11(18)7-3-1-2-4-8(7)16(17)12(10,11)15/h1-4H,5-6,18H2. The van der Waals surface area contributed by atoms with E-state index in [1.807, 2.05) is 12.1 Å². The Kier molecular flexibility index (Phi) is 2.63. The van der Waals surface area contributed by atoms with Crippen molar-refractivity contribution in [3.05, 3.63) is 29.8 Å². The first-order valence-corrected chi connectivity index (χ1v) is 6.63. The largest absolute Gasteiger partial charge is 0.316 e. The summed E-state index contributed by atoms with van der Waals surface area (Å²) in [6.45, 7) is 0. The summed E-state index contributed by atoms with van der Waals surface area (Å²) in [5.74, 6) is -0.155. The van der Waals surface area contributed by atoms with Gasteiger partial charge in [0, 0.05) is 6.42 Å². The molecule has 2 unspecified atom stereocenters. The van der Waals surface area contributed by atoms with Gasteiger partial charge in [-0.15, -0.1) is 5.21 Å². The van der Waals surface area contributed by atoms with Gasteiger partial charge >= 0.3 is 0 Å². The predicted octanol–water partition coefficient (Wildman–Crippen LogP) is -0.0260. The highest BCUT2D eigenvalue weighted by molar-refractivity contribution is 7.20. The number of hydrogen-bond donors (Lipinski definition) is 1. The number of halogens is 1. The lowest BCUT2D eigenvalue weighted by Crippen LogP contribution is -2.63. The Balaban J connectivity index is 2.35. The Hall–Kier alpha value is -0.600. The van der Waals surface area contributed by atoms with Gasteiger partial charge in [0.15, 0.2) is 5.78 Å². The summed E-state index contributed by atoms with van der Waals surface area (Å²) < 4.78 is 0. The van der Waals surface area contributed by atoms with Crippen molar-refractivity contribution in [1.29, 1.82) is 0 Å². The van der Waals surface area contributed by atoms with Crippen LogP contribution in [0.3, 0.4) is 0 Å². The first kappa shape index (κ1) is 13.4. The van der Waals surface area contributed by atoms with Crippen molar-refractivity contribution in [3.63, 3.8) is 0 Å². The maximum Gasteiger partial charge on any atom is 0.282 e. The van der Waals surface area contributed by atoms with Crippen molar-refractivity contribution >= 4 is 52.4 Å². The number of ketones is 1. The van der Waals surface area contributed by atoms with Crippen LogP contribution in [-0.4, -0.2) is 35.5 Å². The average Bonchev–Trinajstić information content (AvgIpc) is 2.57. The summed E-state index contributed by atoms with van der Waals surface area (Å²) >= 11 is 6.48. The Morgan fingerprint density at radius 3 is 2.58 bits per heavy atom. The molecule has 1 heterocycles. The van der Waals surface area contributed by atoms with Gasteiger partial charge in [-0.25, -0.2) is 0 Å². The van der Waals surface area contributed by atoms with Crippen LogP contribution < -0.4 is 11.2 Å². The van der Waals surface area contributed by atoms with Gasteiger partial charge in [0.2, 0.25) is 0 Å². The Labute approximate surface area is 122 Å². The molecule has 19 heavy (non-hydrogen) atoms. The molecule has 1 aliphatic carbocycles. The third-order valence-electron chi connectivity index (χ3n) is 4.69. The number of fused-ring (bicyclic) bond motifs is 3. The number of nitrogens with two attached hydrogens (primary N) is 1. The molecule has 7 heteroatoms. The highest BCUT2D eigenvalue weighted by atomic mass is 35.5. The van der Waals surface area contributed by atoms with Gasteiger partial charge in [0.25, 0.3) is 6.13 Å². The minimum atomic E-state index is -1.42. The summed E-state index contributed by atoms with van der Waals surface area (Å²) in [5, 5.41) is -2.68. The van der Waals surface area contributed by atoms with E-state index in [1.54, 1.807) is 12.1 Å². The second-order valence-corrected chi connectivity index (χ2v) is 6.03. The van der Waals surface area contributed by atoms with Crippen molar-refractivity contribution in [3.8, 4) is 0 Å². The van der Waals surface area contributed by atoms with Gasteiger partial charge in [-0.05, 0) is 10.8 Å². The predicted molar refractivity (Wildman–Crippen MR) is 80.4 cm³/mol. The van der Waals surface area contributed by atoms with Crippen LogP contribution in [0.4, 0.5) is 0 Å². The number of carbonyl (C=O) groups excluding carboxylic acids is 1. The average molecular weight is 263 g/mol. The zero-order valence-corrected chi connectivity index (χ0v) is 11.2. The molecule has 0 saturated heterocycles. The van der Waals surface area contributed by atoms with Gasteiger partial charge < -0.3 is 5.73 Å². The van der Waals surface area contributed by atoms with E-state index in [2.05, 4.69) is 0 Å². The lowest BCUT2D eigenvalue weighted by atomic mass is 9.19. The molecule has 0 amide bonds. The van der Waals surface area contributed by atoms with Crippen molar-refractivity contribution in [2.24, 2.45) is 5.73 Å². The number of benzene rings is 1. The zero-order valence-electron chi connectivity index (χ0n) is 10.4. The van der Waals surface area contributed by atoms with Crippen LogP contribution in [-0.2, 0) is 10.3 Å². The minimum absolute atomic E-state index is 0.155. The number of Topliss-reactive ketones (excluding diaryl/α,β-unsaturated/α-hetero) is 1. The molecule has 6 radical (unpaired) electrons.